The van der Waals surface area contributed by atoms with E-state index in [4.69, 9.17) is 22.2 Å². The lowest BCUT2D eigenvalue weighted by Crippen LogP contribution is -2.42. The van der Waals surface area contributed by atoms with Crippen LogP contribution in [0.1, 0.15) is 37.4 Å². The van der Waals surface area contributed by atoms with Crippen molar-refractivity contribution in [3.8, 4) is 5.75 Å². The van der Waals surface area contributed by atoms with Crippen molar-refractivity contribution in [1.29, 1.82) is 0 Å². The summed E-state index contributed by atoms with van der Waals surface area (Å²) in [6, 6.07) is 5.82. The summed E-state index contributed by atoms with van der Waals surface area (Å²) in [6.45, 7) is 2.97. The SMILES string of the molecule is CC1COc2c(NCCCc3ccccn3)c(F)c(N)c3c2N1C=C(/C(=N/N)NN)C3=C1CC1. The van der Waals surface area contributed by atoms with Crippen molar-refractivity contribution in [3.63, 3.8) is 0 Å². The first kappa shape index (κ1) is 22.0. The van der Waals surface area contributed by atoms with Crippen LogP contribution < -0.4 is 37.8 Å². The van der Waals surface area contributed by atoms with Crippen molar-refractivity contribution in [2.75, 3.05) is 29.1 Å². The molecule has 5 rings (SSSR count). The molecular formula is C24H29FN8O. The van der Waals surface area contributed by atoms with Gasteiger partial charge < -0.3 is 32.0 Å². The first-order valence-electron chi connectivity index (χ1n) is 11.4. The Balaban J connectivity index is 1.54. The number of nitrogens with two attached hydrogens (primary N) is 3. The molecule has 34 heavy (non-hydrogen) atoms. The number of amidine groups is 1. The second-order valence-corrected chi connectivity index (χ2v) is 8.72. The van der Waals surface area contributed by atoms with E-state index in [0.29, 0.717) is 35.9 Å². The Kier molecular flexibility index (Phi) is 5.74. The van der Waals surface area contributed by atoms with E-state index in [1.807, 2.05) is 36.2 Å². The van der Waals surface area contributed by atoms with Gasteiger partial charge in [-0.05, 0) is 50.3 Å². The number of anilines is 3. The predicted octanol–water partition coefficient (Wildman–Crippen LogP) is 2.62. The second-order valence-electron chi connectivity index (χ2n) is 8.72. The highest BCUT2D eigenvalue weighted by Gasteiger charge is 2.40. The Morgan fingerprint density at radius 1 is 1.35 bits per heavy atom. The van der Waals surface area contributed by atoms with E-state index in [1.165, 1.54) is 0 Å². The number of hydrogen-bond acceptors (Lipinski definition) is 8. The summed E-state index contributed by atoms with van der Waals surface area (Å²) in [5.41, 5.74) is 14.4. The van der Waals surface area contributed by atoms with Gasteiger partial charge in [0.25, 0.3) is 0 Å². The molecule has 0 amide bonds. The minimum absolute atomic E-state index is 0.00864. The highest BCUT2D eigenvalue weighted by molar-refractivity contribution is 6.18. The number of hydrazine groups is 1. The molecular weight excluding hydrogens is 435 g/mol. The van der Waals surface area contributed by atoms with Gasteiger partial charge in [-0.25, -0.2) is 10.2 Å². The molecule has 3 heterocycles. The predicted molar refractivity (Wildman–Crippen MR) is 132 cm³/mol. The monoisotopic (exact) mass is 464 g/mol. The molecule has 9 nitrogen and oxygen atoms in total. The third-order valence-corrected chi connectivity index (χ3v) is 6.41. The zero-order valence-electron chi connectivity index (χ0n) is 19.1. The fourth-order valence-electron chi connectivity index (χ4n) is 4.61. The van der Waals surface area contributed by atoms with Crippen LogP contribution in [0.3, 0.4) is 0 Å². The number of pyridine rings is 1. The van der Waals surface area contributed by atoms with Gasteiger partial charge in [0.15, 0.2) is 17.4 Å². The molecule has 1 aromatic heterocycles. The number of hydrazone groups is 1. The van der Waals surface area contributed by atoms with Crippen LogP contribution in [0.5, 0.6) is 5.75 Å². The first-order valence-corrected chi connectivity index (χ1v) is 11.4. The summed E-state index contributed by atoms with van der Waals surface area (Å²) in [4.78, 5) is 6.39. The summed E-state index contributed by atoms with van der Waals surface area (Å²) in [7, 11) is 0. The third-order valence-electron chi connectivity index (χ3n) is 6.41. The smallest absolute Gasteiger partial charge is 0.173 e. The van der Waals surface area contributed by atoms with Crippen LogP contribution >= 0.6 is 0 Å². The lowest BCUT2D eigenvalue weighted by Gasteiger charge is -2.41. The van der Waals surface area contributed by atoms with Crippen molar-refractivity contribution in [2.24, 2.45) is 16.8 Å². The van der Waals surface area contributed by atoms with E-state index in [2.05, 4.69) is 20.8 Å². The Morgan fingerprint density at radius 2 is 2.18 bits per heavy atom. The molecule has 8 N–H and O–H groups in total. The summed E-state index contributed by atoms with van der Waals surface area (Å²) in [5, 5.41) is 7.04. The lowest BCUT2D eigenvalue weighted by atomic mass is 9.87. The maximum atomic E-state index is 15.7. The standard InChI is InChI=1S/C24H29FN8O/c1-13-12-34-23-21(30-10-4-6-15-5-2-3-9-29-15)19(25)20(26)18-17(14-7-8-14)16(24(31-27)32-28)11-33(13)22(18)23/h2-3,5,9,11,13,30H,4,6-8,10,12,26-28H2,1H3,(H,31,32). The number of rotatable bonds is 6. The number of hydrogen-bond donors (Lipinski definition) is 5. The van der Waals surface area contributed by atoms with Crippen LogP contribution in [0.25, 0.3) is 5.57 Å². The maximum Gasteiger partial charge on any atom is 0.173 e. The molecule has 178 valence electrons. The van der Waals surface area contributed by atoms with Gasteiger partial charge in [0, 0.05) is 35.8 Å². The summed E-state index contributed by atoms with van der Waals surface area (Å²) in [6.07, 6.45) is 7.09. The Hall–Kier alpha value is -3.79. The average Bonchev–Trinajstić information content (AvgIpc) is 3.69. The molecule has 1 aromatic carbocycles. The molecule has 0 bridgehead atoms. The molecule has 10 heteroatoms. The quantitative estimate of drug-likeness (QED) is 0.110. The van der Waals surface area contributed by atoms with E-state index >= 15 is 4.39 Å². The van der Waals surface area contributed by atoms with Gasteiger partial charge in [0.1, 0.15) is 12.3 Å². The zero-order chi connectivity index (χ0) is 23.8. The van der Waals surface area contributed by atoms with Crippen LogP contribution in [-0.4, -0.2) is 30.0 Å². The molecule has 1 aliphatic carbocycles. The van der Waals surface area contributed by atoms with Crippen LogP contribution in [0.2, 0.25) is 0 Å². The van der Waals surface area contributed by atoms with Gasteiger partial charge in [-0.3, -0.25) is 4.98 Å². The maximum absolute atomic E-state index is 15.7. The fraction of sp³-hybridized carbons (Fsp3) is 0.333. The average molecular weight is 465 g/mol. The minimum Gasteiger partial charge on any atom is -0.487 e. The molecule has 3 aliphatic rings. The van der Waals surface area contributed by atoms with Crippen LogP contribution in [0.4, 0.5) is 21.5 Å². The number of nitrogen functional groups attached to an aromatic ring is 1. The molecule has 1 unspecified atom stereocenters. The van der Waals surface area contributed by atoms with Crippen molar-refractivity contribution < 1.29 is 9.13 Å². The molecule has 0 radical (unpaired) electrons. The van der Waals surface area contributed by atoms with E-state index in [-0.39, 0.29) is 17.4 Å². The van der Waals surface area contributed by atoms with Gasteiger partial charge in [-0.2, -0.15) is 5.10 Å². The van der Waals surface area contributed by atoms with Crippen LogP contribution in [0, 0.1) is 5.82 Å². The van der Waals surface area contributed by atoms with Crippen LogP contribution in [0.15, 0.2) is 46.8 Å². The molecule has 1 saturated carbocycles. The van der Waals surface area contributed by atoms with Gasteiger partial charge in [0.05, 0.1) is 17.4 Å². The van der Waals surface area contributed by atoms with Crippen LogP contribution in [-0.2, 0) is 6.42 Å². The number of ether oxygens (including phenoxy) is 1. The number of nitrogens with one attached hydrogen (secondary N) is 2. The number of aromatic nitrogens is 1. The summed E-state index contributed by atoms with van der Waals surface area (Å²) in [5.74, 6) is 11.6. The van der Waals surface area contributed by atoms with Crippen molar-refractivity contribution in [1.82, 2.24) is 10.4 Å². The largest absolute Gasteiger partial charge is 0.487 e. The van der Waals surface area contributed by atoms with E-state index in [1.54, 1.807) is 6.20 Å². The van der Waals surface area contributed by atoms with E-state index in [0.717, 1.165) is 48.2 Å². The topological polar surface area (TPSA) is 140 Å². The van der Waals surface area contributed by atoms with E-state index < -0.39 is 5.82 Å². The Bertz CT molecular complexity index is 1200. The molecule has 1 fully saturated rings. The second kappa shape index (κ2) is 8.86. The zero-order valence-corrected chi connectivity index (χ0v) is 19.1. The molecule has 0 saturated heterocycles. The lowest BCUT2D eigenvalue weighted by molar-refractivity contribution is 0.277. The highest BCUT2D eigenvalue weighted by atomic mass is 19.1. The van der Waals surface area contributed by atoms with Gasteiger partial charge in [0.2, 0.25) is 0 Å². The molecule has 2 aliphatic heterocycles. The molecule has 2 aromatic rings. The number of nitrogens with zero attached hydrogens (tertiary/aromatic N) is 3. The highest BCUT2D eigenvalue weighted by Crippen LogP contribution is 2.56. The van der Waals surface area contributed by atoms with Crippen molar-refractivity contribution in [2.45, 2.75) is 38.6 Å². The minimum atomic E-state index is -0.520. The number of allylic oxidation sites excluding steroid dienone is 1. The van der Waals surface area contributed by atoms with Gasteiger partial charge in [-0.1, -0.05) is 11.6 Å². The number of aryl methyl sites for hydroxylation is 1. The summed E-state index contributed by atoms with van der Waals surface area (Å²) < 4.78 is 21.9. The van der Waals surface area contributed by atoms with E-state index in [9.17, 15) is 0 Å². The first-order chi connectivity index (χ1) is 16.5. The normalized spacial score (nSPS) is 18.8. The molecule has 1 atom stereocenters. The number of benzene rings is 1. The van der Waals surface area contributed by atoms with Crippen molar-refractivity contribution >= 4 is 28.5 Å². The van der Waals surface area contributed by atoms with Crippen molar-refractivity contribution in [3.05, 3.63) is 58.8 Å². The van der Waals surface area contributed by atoms with Gasteiger partial charge in [-0.15, -0.1) is 0 Å². The Labute approximate surface area is 197 Å². The van der Waals surface area contributed by atoms with Gasteiger partial charge >= 0.3 is 0 Å². The number of halogens is 1. The summed E-state index contributed by atoms with van der Waals surface area (Å²) >= 11 is 0. The molecule has 0 spiro atoms. The third kappa shape index (κ3) is 3.69. The Morgan fingerprint density at radius 3 is 2.85 bits per heavy atom. The fourth-order valence-corrected chi connectivity index (χ4v) is 4.61.